The first kappa shape index (κ1) is 24.6. The summed E-state index contributed by atoms with van der Waals surface area (Å²) in [5.41, 5.74) is 9.60. The van der Waals surface area contributed by atoms with Crippen LogP contribution in [0, 0.1) is 0 Å². The van der Waals surface area contributed by atoms with Gasteiger partial charge in [-0.05, 0) is 18.1 Å². The Bertz CT molecular complexity index is 1300. The number of morpholine rings is 1. The number of nitrogens with zero attached hydrogens (tertiary/aromatic N) is 7. The number of ether oxygens (including phenoxy) is 2. The molecular formula is C26H31N9O2. The molecule has 1 aliphatic heterocycles. The monoisotopic (exact) mass is 501 g/mol. The number of nitrogens with two attached hydrogens (primary N) is 1. The summed E-state index contributed by atoms with van der Waals surface area (Å²) >= 11 is 0. The van der Waals surface area contributed by atoms with Crippen molar-refractivity contribution in [1.82, 2.24) is 34.6 Å². The molecule has 0 atom stereocenters. The van der Waals surface area contributed by atoms with E-state index in [2.05, 4.69) is 35.3 Å². The molecule has 0 saturated carbocycles. The fraction of sp³-hybridized carbons (Fsp3) is 0.346. The lowest BCUT2D eigenvalue weighted by Gasteiger charge is -2.26. The number of benzene rings is 1. The molecule has 3 aromatic heterocycles. The van der Waals surface area contributed by atoms with Gasteiger partial charge >= 0.3 is 0 Å². The van der Waals surface area contributed by atoms with E-state index in [1.807, 2.05) is 37.5 Å². The van der Waals surface area contributed by atoms with E-state index >= 15 is 0 Å². The maximum atomic E-state index is 6.06. The molecule has 5 rings (SSSR count). The molecule has 1 aromatic carbocycles. The fourth-order valence-electron chi connectivity index (χ4n) is 4.07. The lowest BCUT2D eigenvalue weighted by molar-refractivity contribution is 0.0358. The second kappa shape index (κ2) is 11.8. The first-order valence-electron chi connectivity index (χ1n) is 12.3. The average Bonchev–Trinajstić information content (AvgIpc) is 3.38. The number of nitrogens with one attached hydrogen (secondary N) is 1. The number of hydrogen-bond acceptors (Lipinski definition) is 10. The Morgan fingerprint density at radius 3 is 2.68 bits per heavy atom. The molecule has 0 radical (unpaired) electrons. The summed E-state index contributed by atoms with van der Waals surface area (Å²) in [5, 5.41) is 7.48. The topological polar surface area (TPSA) is 129 Å². The number of nitrogen functional groups attached to an aromatic ring is 1. The third-order valence-corrected chi connectivity index (χ3v) is 6.07. The number of anilines is 2. The molecule has 1 saturated heterocycles. The smallest absolute Gasteiger partial charge is 0.169 e. The minimum absolute atomic E-state index is 0.340. The summed E-state index contributed by atoms with van der Waals surface area (Å²) in [6.07, 6.45) is 9.68. The number of aryl methyl sites for hydroxylation is 1. The predicted octanol–water partition coefficient (Wildman–Crippen LogP) is 2.63. The normalized spacial score (nSPS) is 14.0. The van der Waals surface area contributed by atoms with Gasteiger partial charge in [0.2, 0.25) is 0 Å². The molecular weight excluding hydrogens is 470 g/mol. The van der Waals surface area contributed by atoms with Gasteiger partial charge in [-0.3, -0.25) is 9.58 Å². The van der Waals surface area contributed by atoms with Gasteiger partial charge in [-0.1, -0.05) is 18.2 Å². The van der Waals surface area contributed by atoms with Crippen molar-refractivity contribution in [1.29, 1.82) is 0 Å². The first-order valence-corrected chi connectivity index (χ1v) is 12.3. The van der Waals surface area contributed by atoms with Crippen molar-refractivity contribution in [3.8, 4) is 28.4 Å². The number of rotatable bonds is 10. The van der Waals surface area contributed by atoms with Crippen molar-refractivity contribution in [3.63, 3.8) is 0 Å². The van der Waals surface area contributed by atoms with Crippen molar-refractivity contribution >= 4 is 11.6 Å². The van der Waals surface area contributed by atoms with E-state index in [1.165, 1.54) is 0 Å². The van der Waals surface area contributed by atoms with E-state index in [9.17, 15) is 0 Å². The van der Waals surface area contributed by atoms with Crippen molar-refractivity contribution in [2.75, 3.05) is 50.5 Å². The van der Waals surface area contributed by atoms with Gasteiger partial charge in [-0.2, -0.15) is 5.10 Å². The average molecular weight is 502 g/mol. The van der Waals surface area contributed by atoms with Crippen molar-refractivity contribution in [3.05, 3.63) is 60.8 Å². The van der Waals surface area contributed by atoms with E-state index in [0.29, 0.717) is 42.1 Å². The van der Waals surface area contributed by atoms with E-state index in [4.69, 9.17) is 15.2 Å². The van der Waals surface area contributed by atoms with Gasteiger partial charge in [0.25, 0.3) is 0 Å². The Morgan fingerprint density at radius 2 is 1.89 bits per heavy atom. The van der Waals surface area contributed by atoms with Crippen LogP contribution in [0.5, 0.6) is 5.75 Å². The Balaban J connectivity index is 1.16. The minimum Gasteiger partial charge on any atom is -0.490 e. The molecule has 0 amide bonds. The second-order valence-electron chi connectivity index (χ2n) is 8.84. The SMILES string of the molecule is Cn1cc(-c2cnc(N)c(NCc3cccc(-c4ncc(OCCCN5CCOCC5)cn4)c3)n2)cn1. The van der Waals surface area contributed by atoms with E-state index in [1.54, 1.807) is 29.5 Å². The summed E-state index contributed by atoms with van der Waals surface area (Å²) in [6.45, 7) is 5.77. The fourth-order valence-corrected chi connectivity index (χ4v) is 4.07. The lowest BCUT2D eigenvalue weighted by Crippen LogP contribution is -2.37. The Hall–Kier alpha value is -4.09. The molecule has 3 N–H and O–H groups in total. The highest BCUT2D eigenvalue weighted by molar-refractivity contribution is 5.64. The van der Waals surface area contributed by atoms with Crippen LogP contribution in [0.15, 0.2) is 55.2 Å². The van der Waals surface area contributed by atoms with Gasteiger partial charge in [0.05, 0.1) is 50.3 Å². The predicted molar refractivity (Wildman–Crippen MR) is 141 cm³/mol. The minimum atomic E-state index is 0.340. The molecule has 4 heterocycles. The second-order valence-corrected chi connectivity index (χ2v) is 8.84. The maximum absolute atomic E-state index is 6.06. The van der Waals surface area contributed by atoms with Crippen LogP contribution in [0.25, 0.3) is 22.6 Å². The van der Waals surface area contributed by atoms with Crippen molar-refractivity contribution in [2.45, 2.75) is 13.0 Å². The summed E-state index contributed by atoms with van der Waals surface area (Å²) in [4.78, 5) is 20.3. The molecule has 192 valence electrons. The Kier molecular flexibility index (Phi) is 7.82. The highest BCUT2D eigenvalue weighted by atomic mass is 16.5. The van der Waals surface area contributed by atoms with Crippen LogP contribution >= 0.6 is 0 Å². The van der Waals surface area contributed by atoms with Gasteiger partial charge in [0.15, 0.2) is 23.2 Å². The standard InChI is InChI=1S/C26H31N9O2/c1-34-18-21(14-32-34)23-17-28-24(27)26(33-23)29-13-19-4-2-5-20(12-19)25-30-15-22(16-31-25)37-9-3-6-35-7-10-36-11-8-35/h2,4-5,12,14-18H,3,6-11,13H2,1H3,(H2,27,28)(H,29,33). The van der Waals surface area contributed by atoms with Crippen LogP contribution < -0.4 is 15.8 Å². The highest BCUT2D eigenvalue weighted by Crippen LogP contribution is 2.22. The molecule has 11 heteroatoms. The van der Waals surface area contributed by atoms with E-state index < -0.39 is 0 Å². The zero-order valence-electron chi connectivity index (χ0n) is 20.9. The highest BCUT2D eigenvalue weighted by Gasteiger charge is 2.11. The summed E-state index contributed by atoms with van der Waals surface area (Å²) < 4.78 is 12.9. The van der Waals surface area contributed by atoms with Crippen LogP contribution in [-0.4, -0.2) is 74.1 Å². The van der Waals surface area contributed by atoms with Gasteiger partial charge in [-0.25, -0.2) is 19.9 Å². The molecule has 0 unspecified atom stereocenters. The molecule has 0 spiro atoms. The summed E-state index contributed by atoms with van der Waals surface area (Å²) in [5.74, 6) is 2.18. The summed E-state index contributed by atoms with van der Waals surface area (Å²) in [7, 11) is 1.86. The first-order chi connectivity index (χ1) is 18.1. The van der Waals surface area contributed by atoms with E-state index in [-0.39, 0.29) is 0 Å². The lowest BCUT2D eigenvalue weighted by atomic mass is 10.1. The van der Waals surface area contributed by atoms with Crippen molar-refractivity contribution < 1.29 is 9.47 Å². The Labute approximate surface area is 215 Å². The molecule has 0 aliphatic carbocycles. The van der Waals surface area contributed by atoms with Gasteiger partial charge < -0.3 is 20.5 Å². The van der Waals surface area contributed by atoms with Gasteiger partial charge in [0.1, 0.15) is 0 Å². The Morgan fingerprint density at radius 1 is 1.05 bits per heavy atom. The molecule has 4 aromatic rings. The zero-order chi connectivity index (χ0) is 25.5. The largest absolute Gasteiger partial charge is 0.490 e. The summed E-state index contributed by atoms with van der Waals surface area (Å²) in [6, 6.07) is 8.03. The molecule has 37 heavy (non-hydrogen) atoms. The van der Waals surface area contributed by atoms with Crippen LogP contribution in [0.3, 0.4) is 0 Å². The van der Waals surface area contributed by atoms with Crippen LogP contribution in [-0.2, 0) is 18.3 Å². The molecule has 1 fully saturated rings. The van der Waals surface area contributed by atoms with Gasteiger partial charge in [0, 0.05) is 50.6 Å². The van der Waals surface area contributed by atoms with Crippen molar-refractivity contribution in [2.24, 2.45) is 7.05 Å². The quantitative estimate of drug-likeness (QED) is 0.313. The molecule has 1 aliphatic rings. The van der Waals surface area contributed by atoms with Crippen LogP contribution in [0.4, 0.5) is 11.6 Å². The third-order valence-electron chi connectivity index (χ3n) is 6.07. The zero-order valence-corrected chi connectivity index (χ0v) is 20.9. The van der Waals surface area contributed by atoms with E-state index in [0.717, 1.165) is 56.0 Å². The number of hydrogen-bond donors (Lipinski definition) is 2. The molecule has 0 bridgehead atoms. The van der Waals surface area contributed by atoms with Crippen LogP contribution in [0.1, 0.15) is 12.0 Å². The van der Waals surface area contributed by atoms with Gasteiger partial charge in [-0.15, -0.1) is 0 Å². The molecule has 11 nitrogen and oxygen atoms in total. The third kappa shape index (κ3) is 6.57. The number of aromatic nitrogens is 6. The van der Waals surface area contributed by atoms with Crippen LogP contribution in [0.2, 0.25) is 0 Å². The maximum Gasteiger partial charge on any atom is 0.169 e.